The summed E-state index contributed by atoms with van der Waals surface area (Å²) in [6, 6.07) is 0. The number of rotatable bonds is 3. The van der Waals surface area contributed by atoms with E-state index < -0.39 is 12.6 Å². The van der Waals surface area contributed by atoms with E-state index in [-0.39, 0.29) is 12.4 Å². The molecule has 0 aromatic carbocycles. The van der Waals surface area contributed by atoms with E-state index >= 15 is 0 Å². The summed E-state index contributed by atoms with van der Waals surface area (Å²) in [4.78, 5) is 0. The zero-order valence-electron chi connectivity index (χ0n) is 7.67. The topological polar surface area (TPSA) is 56.7 Å². The van der Waals surface area contributed by atoms with Crippen LogP contribution in [0.5, 0.6) is 0 Å². The molecule has 4 nitrogen and oxygen atoms in total. The normalized spacial score (nSPS) is 12.0. The number of halogens is 3. The molecule has 2 N–H and O–H groups in total. The highest BCUT2D eigenvalue weighted by atomic mass is 19.4. The highest BCUT2D eigenvalue weighted by Gasteiger charge is 2.27. The second-order valence-corrected chi connectivity index (χ2v) is 2.86. The third-order valence-electron chi connectivity index (χ3n) is 1.81. The first-order valence-electron chi connectivity index (χ1n) is 4.18. The standard InChI is InChI=1S/C7H11F3N4/c1-2-5-6(11)12-13-14(5)4-3-7(8,9)10/h2-4,11H2,1H3. The van der Waals surface area contributed by atoms with Crippen molar-refractivity contribution in [3.8, 4) is 0 Å². The van der Waals surface area contributed by atoms with E-state index in [1.54, 1.807) is 6.92 Å². The van der Waals surface area contributed by atoms with E-state index in [9.17, 15) is 13.2 Å². The maximum absolute atomic E-state index is 11.9. The van der Waals surface area contributed by atoms with Crippen molar-refractivity contribution in [2.45, 2.75) is 32.5 Å². The van der Waals surface area contributed by atoms with Gasteiger partial charge in [0.15, 0.2) is 5.82 Å². The molecule has 0 aliphatic rings. The lowest BCUT2D eigenvalue weighted by Gasteiger charge is -2.07. The molecule has 7 heteroatoms. The lowest BCUT2D eigenvalue weighted by atomic mass is 10.3. The number of nitrogens with two attached hydrogens (primary N) is 1. The first-order chi connectivity index (χ1) is 6.44. The molecule has 1 aromatic rings. The monoisotopic (exact) mass is 208 g/mol. The molecule has 0 fully saturated rings. The first kappa shape index (κ1) is 10.8. The smallest absolute Gasteiger partial charge is 0.381 e. The van der Waals surface area contributed by atoms with Crippen LogP contribution in [0.25, 0.3) is 0 Å². The molecule has 0 atom stereocenters. The Morgan fingerprint density at radius 2 is 2.07 bits per heavy atom. The summed E-state index contributed by atoms with van der Waals surface area (Å²) in [7, 11) is 0. The maximum Gasteiger partial charge on any atom is 0.390 e. The molecular weight excluding hydrogens is 197 g/mol. The van der Waals surface area contributed by atoms with E-state index in [0.717, 1.165) is 0 Å². The summed E-state index contributed by atoms with van der Waals surface area (Å²) in [5.41, 5.74) is 5.97. The van der Waals surface area contributed by atoms with Gasteiger partial charge in [-0.25, -0.2) is 4.68 Å². The molecule has 0 saturated carbocycles. The molecule has 0 saturated heterocycles. The Bertz CT molecular complexity index is 304. The second kappa shape index (κ2) is 3.85. The highest BCUT2D eigenvalue weighted by molar-refractivity contribution is 5.32. The van der Waals surface area contributed by atoms with Crippen LogP contribution in [0.3, 0.4) is 0 Å². The van der Waals surface area contributed by atoms with Gasteiger partial charge in [-0.15, -0.1) is 5.10 Å². The number of anilines is 1. The van der Waals surface area contributed by atoms with Gasteiger partial charge in [0.25, 0.3) is 0 Å². The fraction of sp³-hybridized carbons (Fsp3) is 0.714. The van der Waals surface area contributed by atoms with Crippen molar-refractivity contribution >= 4 is 5.82 Å². The van der Waals surface area contributed by atoms with Gasteiger partial charge >= 0.3 is 6.18 Å². The summed E-state index contributed by atoms with van der Waals surface area (Å²) >= 11 is 0. The minimum absolute atomic E-state index is 0.203. The first-order valence-corrected chi connectivity index (χ1v) is 4.18. The summed E-state index contributed by atoms with van der Waals surface area (Å²) in [5, 5.41) is 7.04. The molecule has 14 heavy (non-hydrogen) atoms. The predicted octanol–water partition coefficient (Wildman–Crippen LogP) is 1.38. The molecular formula is C7H11F3N4. The molecule has 0 aliphatic heterocycles. The van der Waals surface area contributed by atoms with Gasteiger partial charge in [-0.3, -0.25) is 0 Å². The van der Waals surface area contributed by atoms with E-state index in [4.69, 9.17) is 5.73 Å². The molecule has 0 radical (unpaired) electrons. The SMILES string of the molecule is CCc1c(N)nnn1CCC(F)(F)F. The maximum atomic E-state index is 11.9. The quantitative estimate of drug-likeness (QED) is 0.816. The third-order valence-corrected chi connectivity index (χ3v) is 1.81. The van der Waals surface area contributed by atoms with Crippen LogP contribution in [0.1, 0.15) is 19.0 Å². The van der Waals surface area contributed by atoms with Gasteiger partial charge in [-0.2, -0.15) is 13.2 Å². The number of nitrogens with zero attached hydrogens (tertiary/aromatic N) is 3. The summed E-state index contributed by atoms with van der Waals surface area (Å²) in [6.45, 7) is 1.57. The fourth-order valence-electron chi connectivity index (χ4n) is 1.12. The fourth-order valence-corrected chi connectivity index (χ4v) is 1.12. The largest absolute Gasteiger partial charge is 0.390 e. The van der Waals surface area contributed by atoms with E-state index in [0.29, 0.717) is 12.1 Å². The van der Waals surface area contributed by atoms with Crippen LogP contribution in [0.4, 0.5) is 19.0 Å². The van der Waals surface area contributed by atoms with Crippen LogP contribution in [0.15, 0.2) is 0 Å². The van der Waals surface area contributed by atoms with Gasteiger partial charge < -0.3 is 5.73 Å². The lowest BCUT2D eigenvalue weighted by Crippen LogP contribution is -2.14. The molecule has 1 heterocycles. The molecule has 1 aromatic heterocycles. The van der Waals surface area contributed by atoms with Crippen LogP contribution in [-0.4, -0.2) is 21.2 Å². The van der Waals surface area contributed by atoms with Crippen molar-refractivity contribution < 1.29 is 13.2 Å². The van der Waals surface area contributed by atoms with E-state index in [1.807, 2.05) is 0 Å². The number of aryl methyl sites for hydroxylation is 1. The molecule has 80 valence electrons. The van der Waals surface area contributed by atoms with Gasteiger partial charge in [0, 0.05) is 0 Å². The van der Waals surface area contributed by atoms with Crippen molar-refractivity contribution in [2.24, 2.45) is 0 Å². The van der Waals surface area contributed by atoms with Crippen LogP contribution in [0, 0.1) is 0 Å². The Kier molecular flexibility index (Phi) is 2.97. The minimum Gasteiger partial charge on any atom is -0.381 e. The highest BCUT2D eigenvalue weighted by Crippen LogP contribution is 2.21. The average Bonchev–Trinajstić information content (AvgIpc) is 2.41. The lowest BCUT2D eigenvalue weighted by molar-refractivity contribution is -0.137. The van der Waals surface area contributed by atoms with Gasteiger partial charge in [0.05, 0.1) is 18.7 Å². The Balaban J connectivity index is 2.67. The summed E-state index contributed by atoms with van der Waals surface area (Å²) in [5.74, 6) is 0.203. The van der Waals surface area contributed by atoms with Crippen molar-refractivity contribution in [2.75, 3.05) is 5.73 Å². The number of aromatic nitrogens is 3. The average molecular weight is 208 g/mol. The number of hydrogen-bond acceptors (Lipinski definition) is 3. The van der Waals surface area contributed by atoms with Crippen molar-refractivity contribution in [1.82, 2.24) is 15.0 Å². The van der Waals surface area contributed by atoms with Gasteiger partial charge in [-0.05, 0) is 6.42 Å². The van der Waals surface area contributed by atoms with Crippen LogP contribution in [0.2, 0.25) is 0 Å². The predicted molar refractivity (Wildman–Crippen MR) is 44.5 cm³/mol. The zero-order valence-corrected chi connectivity index (χ0v) is 7.67. The summed E-state index contributed by atoms with van der Waals surface area (Å²) in [6.07, 6.45) is -4.56. The van der Waals surface area contributed by atoms with Crippen LogP contribution < -0.4 is 5.73 Å². The number of hydrogen-bond donors (Lipinski definition) is 1. The van der Waals surface area contributed by atoms with E-state index in [1.165, 1.54) is 4.68 Å². The number of nitrogen functional groups attached to an aromatic ring is 1. The van der Waals surface area contributed by atoms with Crippen LogP contribution in [-0.2, 0) is 13.0 Å². The van der Waals surface area contributed by atoms with Crippen molar-refractivity contribution in [3.63, 3.8) is 0 Å². The molecule has 1 rings (SSSR count). The molecule has 0 unspecified atom stereocenters. The summed E-state index contributed by atoms with van der Waals surface area (Å²) < 4.78 is 36.9. The van der Waals surface area contributed by atoms with Gasteiger partial charge in [0.2, 0.25) is 0 Å². The van der Waals surface area contributed by atoms with Crippen molar-refractivity contribution in [3.05, 3.63) is 5.69 Å². The van der Waals surface area contributed by atoms with E-state index in [2.05, 4.69) is 10.3 Å². The Morgan fingerprint density at radius 3 is 2.57 bits per heavy atom. The van der Waals surface area contributed by atoms with Crippen LogP contribution >= 0.6 is 0 Å². The van der Waals surface area contributed by atoms with Gasteiger partial charge in [-0.1, -0.05) is 12.1 Å². The van der Waals surface area contributed by atoms with Crippen molar-refractivity contribution in [1.29, 1.82) is 0 Å². The minimum atomic E-state index is -4.17. The molecule has 0 amide bonds. The Labute approximate surface area is 78.9 Å². The Hall–Kier alpha value is -1.27. The van der Waals surface area contributed by atoms with Gasteiger partial charge in [0.1, 0.15) is 0 Å². The molecule has 0 aliphatic carbocycles. The molecule has 0 bridgehead atoms. The second-order valence-electron chi connectivity index (χ2n) is 2.86. The number of alkyl halides is 3. The molecule has 0 spiro atoms. The third kappa shape index (κ3) is 2.61. The Morgan fingerprint density at radius 1 is 1.43 bits per heavy atom. The zero-order chi connectivity index (χ0) is 10.8.